The van der Waals surface area contributed by atoms with Crippen molar-refractivity contribution in [2.45, 2.75) is 40.5 Å². The molecule has 28 heavy (non-hydrogen) atoms. The van der Waals surface area contributed by atoms with E-state index in [1.54, 1.807) is 22.6 Å². The second-order valence-electron chi connectivity index (χ2n) is 7.10. The number of carbonyl (C=O) groups excluding carboxylic acids is 2. The van der Waals surface area contributed by atoms with Gasteiger partial charge in [0.25, 0.3) is 5.91 Å². The molecule has 0 spiro atoms. The van der Waals surface area contributed by atoms with E-state index in [9.17, 15) is 9.59 Å². The zero-order valence-electron chi connectivity index (χ0n) is 17.0. The number of ether oxygens (including phenoxy) is 1. The lowest BCUT2D eigenvalue weighted by molar-refractivity contribution is -0.156. The molecular formula is C20H28N4O3S. The van der Waals surface area contributed by atoms with Crippen LogP contribution in [0, 0.1) is 19.8 Å². The average Bonchev–Trinajstić information content (AvgIpc) is 3.01. The Labute approximate surface area is 169 Å². The standard InChI is InChI=1S/C20H28N4O3S/c1-5-23(6-2)16(25)11-27-20(26)15-7-9-24(10-8-15)18-17-13(3)14(4)28-19(17)22-12-21-18/h12,15H,5-11H2,1-4H3. The maximum absolute atomic E-state index is 12.4. The van der Waals surface area contributed by atoms with Crippen LogP contribution in [0.25, 0.3) is 10.2 Å². The smallest absolute Gasteiger partial charge is 0.309 e. The van der Waals surface area contributed by atoms with Crippen molar-refractivity contribution in [1.29, 1.82) is 0 Å². The van der Waals surface area contributed by atoms with Crippen molar-refractivity contribution in [3.63, 3.8) is 0 Å². The minimum atomic E-state index is -0.268. The van der Waals surface area contributed by atoms with Gasteiger partial charge in [0.1, 0.15) is 17.0 Å². The molecular weight excluding hydrogens is 376 g/mol. The number of fused-ring (bicyclic) bond motifs is 1. The first-order valence-corrected chi connectivity index (χ1v) is 10.7. The maximum atomic E-state index is 12.4. The molecule has 1 fully saturated rings. The number of anilines is 1. The summed E-state index contributed by atoms with van der Waals surface area (Å²) in [5, 5.41) is 1.12. The SMILES string of the molecule is CCN(CC)C(=O)COC(=O)C1CCN(c2ncnc3sc(C)c(C)c23)CC1. The number of rotatable bonds is 6. The van der Waals surface area contributed by atoms with E-state index < -0.39 is 0 Å². The zero-order valence-corrected chi connectivity index (χ0v) is 17.8. The summed E-state index contributed by atoms with van der Waals surface area (Å²) in [7, 11) is 0. The Bertz CT molecular complexity index is 854. The minimum Gasteiger partial charge on any atom is -0.455 e. The van der Waals surface area contributed by atoms with Crippen molar-refractivity contribution in [3.05, 3.63) is 16.8 Å². The fraction of sp³-hybridized carbons (Fsp3) is 0.600. The predicted octanol–water partition coefficient (Wildman–Crippen LogP) is 2.94. The summed E-state index contributed by atoms with van der Waals surface area (Å²) in [6.45, 7) is 10.6. The molecule has 0 atom stereocenters. The third kappa shape index (κ3) is 4.11. The number of carbonyl (C=O) groups is 2. The highest BCUT2D eigenvalue weighted by atomic mass is 32.1. The van der Waals surface area contributed by atoms with Crippen molar-refractivity contribution in [1.82, 2.24) is 14.9 Å². The van der Waals surface area contributed by atoms with Crippen LogP contribution in [0.5, 0.6) is 0 Å². The van der Waals surface area contributed by atoms with Gasteiger partial charge in [0.2, 0.25) is 0 Å². The van der Waals surface area contributed by atoms with Crippen LogP contribution in [0.2, 0.25) is 0 Å². The second-order valence-corrected chi connectivity index (χ2v) is 8.30. The average molecular weight is 405 g/mol. The number of nitrogens with zero attached hydrogens (tertiary/aromatic N) is 4. The molecule has 1 aliphatic rings. The van der Waals surface area contributed by atoms with E-state index in [2.05, 4.69) is 28.7 Å². The molecule has 3 heterocycles. The summed E-state index contributed by atoms with van der Waals surface area (Å²) in [6, 6.07) is 0. The Morgan fingerprint density at radius 1 is 1.21 bits per heavy atom. The molecule has 2 aromatic heterocycles. The molecule has 2 aromatic rings. The molecule has 0 radical (unpaired) electrons. The van der Waals surface area contributed by atoms with Crippen LogP contribution >= 0.6 is 11.3 Å². The first-order valence-electron chi connectivity index (χ1n) is 9.86. The number of amides is 1. The van der Waals surface area contributed by atoms with Gasteiger partial charge in [0.15, 0.2) is 6.61 Å². The lowest BCUT2D eigenvalue weighted by Crippen LogP contribution is -2.39. The van der Waals surface area contributed by atoms with Gasteiger partial charge in [0, 0.05) is 31.1 Å². The van der Waals surface area contributed by atoms with Gasteiger partial charge in [-0.2, -0.15) is 0 Å². The number of aryl methyl sites for hydroxylation is 2. The third-order valence-electron chi connectivity index (χ3n) is 5.53. The molecule has 7 nitrogen and oxygen atoms in total. The van der Waals surface area contributed by atoms with Crippen LogP contribution in [-0.4, -0.2) is 59.5 Å². The second kappa shape index (κ2) is 8.86. The maximum Gasteiger partial charge on any atom is 0.309 e. The lowest BCUT2D eigenvalue weighted by atomic mass is 9.97. The Morgan fingerprint density at radius 3 is 2.54 bits per heavy atom. The molecule has 1 saturated heterocycles. The molecule has 0 bridgehead atoms. The van der Waals surface area contributed by atoms with Crippen molar-refractivity contribution in [2.75, 3.05) is 37.7 Å². The Kier molecular flexibility index (Phi) is 6.49. The molecule has 0 unspecified atom stereocenters. The van der Waals surface area contributed by atoms with Crippen molar-refractivity contribution >= 4 is 39.2 Å². The fourth-order valence-corrected chi connectivity index (χ4v) is 4.64. The molecule has 1 aliphatic heterocycles. The van der Waals surface area contributed by atoms with Crippen LogP contribution in [0.3, 0.4) is 0 Å². The van der Waals surface area contributed by atoms with E-state index in [0.717, 1.165) is 29.1 Å². The van der Waals surface area contributed by atoms with E-state index in [1.165, 1.54) is 10.4 Å². The molecule has 0 aromatic carbocycles. The van der Waals surface area contributed by atoms with Gasteiger partial charge < -0.3 is 14.5 Å². The quantitative estimate of drug-likeness (QED) is 0.689. The summed E-state index contributed by atoms with van der Waals surface area (Å²) in [6.07, 6.45) is 3.02. The van der Waals surface area contributed by atoms with Gasteiger partial charge >= 0.3 is 5.97 Å². The molecule has 0 aliphatic carbocycles. The van der Waals surface area contributed by atoms with Gasteiger partial charge in [-0.3, -0.25) is 9.59 Å². The summed E-state index contributed by atoms with van der Waals surface area (Å²) in [4.78, 5) is 39.5. The fourth-order valence-electron chi connectivity index (χ4n) is 3.65. The first-order chi connectivity index (χ1) is 13.5. The normalized spacial score (nSPS) is 15.1. The van der Waals surface area contributed by atoms with E-state index in [1.807, 2.05) is 13.8 Å². The van der Waals surface area contributed by atoms with E-state index in [0.29, 0.717) is 25.9 Å². The number of esters is 1. The number of hydrogen-bond acceptors (Lipinski definition) is 7. The summed E-state index contributed by atoms with van der Waals surface area (Å²) in [5.41, 5.74) is 1.23. The van der Waals surface area contributed by atoms with Gasteiger partial charge in [-0.15, -0.1) is 11.3 Å². The number of hydrogen-bond donors (Lipinski definition) is 0. The summed E-state index contributed by atoms with van der Waals surface area (Å²) < 4.78 is 5.29. The van der Waals surface area contributed by atoms with Crippen molar-refractivity contribution < 1.29 is 14.3 Å². The van der Waals surface area contributed by atoms with Crippen LogP contribution in [0.4, 0.5) is 5.82 Å². The van der Waals surface area contributed by atoms with E-state index >= 15 is 0 Å². The van der Waals surface area contributed by atoms with Crippen LogP contribution < -0.4 is 4.90 Å². The van der Waals surface area contributed by atoms with Crippen molar-refractivity contribution in [3.8, 4) is 0 Å². The van der Waals surface area contributed by atoms with Crippen LogP contribution in [-0.2, 0) is 14.3 Å². The monoisotopic (exact) mass is 404 g/mol. The van der Waals surface area contributed by atoms with E-state index in [-0.39, 0.29) is 24.4 Å². The molecule has 0 N–H and O–H groups in total. The van der Waals surface area contributed by atoms with Gasteiger partial charge in [-0.25, -0.2) is 9.97 Å². The van der Waals surface area contributed by atoms with E-state index in [4.69, 9.17) is 4.74 Å². The zero-order chi connectivity index (χ0) is 20.3. The van der Waals surface area contributed by atoms with Crippen molar-refractivity contribution in [2.24, 2.45) is 5.92 Å². The molecule has 3 rings (SSSR count). The number of likely N-dealkylation sites (N-methyl/N-ethyl adjacent to an activating group) is 1. The topological polar surface area (TPSA) is 75.6 Å². The number of aromatic nitrogens is 2. The first kappa shape index (κ1) is 20.5. The molecule has 0 saturated carbocycles. The van der Waals surface area contributed by atoms with Gasteiger partial charge in [-0.05, 0) is 46.1 Å². The third-order valence-corrected chi connectivity index (χ3v) is 6.64. The Hall–Kier alpha value is -2.22. The summed E-state index contributed by atoms with van der Waals surface area (Å²) in [5.74, 6) is 0.386. The highest BCUT2D eigenvalue weighted by molar-refractivity contribution is 7.18. The molecule has 8 heteroatoms. The number of thiophene rings is 1. The minimum absolute atomic E-state index is 0.137. The molecule has 1 amide bonds. The lowest BCUT2D eigenvalue weighted by Gasteiger charge is -2.32. The van der Waals surface area contributed by atoms with Crippen LogP contribution in [0.15, 0.2) is 6.33 Å². The van der Waals surface area contributed by atoms with Crippen LogP contribution in [0.1, 0.15) is 37.1 Å². The highest BCUT2D eigenvalue weighted by Gasteiger charge is 2.29. The summed E-state index contributed by atoms with van der Waals surface area (Å²) >= 11 is 1.69. The highest BCUT2D eigenvalue weighted by Crippen LogP contribution is 2.35. The molecule has 152 valence electrons. The largest absolute Gasteiger partial charge is 0.455 e. The van der Waals surface area contributed by atoms with Gasteiger partial charge in [0.05, 0.1) is 11.3 Å². The number of piperidine rings is 1. The Morgan fingerprint density at radius 2 is 1.89 bits per heavy atom. The van der Waals surface area contributed by atoms with Gasteiger partial charge in [-0.1, -0.05) is 0 Å². The Balaban J connectivity index is 1.59. The predicted molar refractivity (Wildman–Crippen MR) is 111 cm³/mol.